The zero-order valence-electron chi connectivity index (χ0n) is 15.0. The molecule has 8 heteroatoms. The Balaban J connectivity index is 1.52. The Hall–Kier alpha value is -3.81. The van der Waals surface area contributed by atoms with Crippen molar-refractivity contribution in [3.05, 3.63) is 82.0 Å². The van der Waals surface area contributed by atoms with Crippen LogP contribution in [0.15, 0.2) is 64.1 Å². The van der Waals surface area contributed by atoms with Gasteiger partial charge in [-0.25, -0.2) is 14.3 Å². The molecule has 0 radical (unpaired) electrons. The molecule has 0 aliphatic carbocycles. The Bertz CT molecular complexity index is 1180. The van der Waals surface area contributed by atoms with Crippen LogP contribution in [-0.4, -0.2) is 26.2 Å². The van der Waals surface area contributed by atoms with Crippen LogP contribution in [0.2, 0.25) is 0 Å². The molecule has 2 heterocycles. The molecule has 2 aromatic carbocycles. The maximum atomic E-state index is 12.4. The minimum Gasteiger partial charge on any atom is -0.457 e. The van der Waals surface area contributed by atoms with Crippen molar-refractivity contribution in [1.82, 2.24) is 20.2 Å². The summed E-state index contributed by atoms with van der Waals surface area (Å²) in [5.74, 6) is -0.491. The van der Waals surface area contributed by atoms with Gasteiger partial charge in [0.25, 0.3) is 0 Å². The average Bonchev–Trinajstić information content (AvgIpc) is 3.26. The van der Waals surface area contributed by atoms with Crippen LogP contribution in [0.25, 0.3) is 16.7 Å². The van der Waals surface area contributed by atoms with Crippen LogP contribution in [0.3, 0.4) is 0 Å². The van der Waals surface area contributed by atoms with Crippen LogP contribution >= 0.6 is 0 Å². The van der Waals surface area contributed by atoms with Crippen molar-refractivity contribution in [3.8, 4) is 5.69 Å². The third-order valence-corrected chi connectivity index (χ3v) is 4.38. The Morgan fingerprint density at radius 1 is 1.14 bits per heavy atom. The third kappa shape index (κ3) is 3.52. The zero-order valence-corrected chi connectivity index (χ0v) is 15.0. The van der Waals surface area contributed by atoms with E-state index in [1.54, 1.807) is 24.3 Å². The van der Waals surface area contributed by atoms with Crippen LogP contribution in [0.4, 0.5) is 0 Å². The number of aryl methyl sites for hydroxylation is 1. The van der Waals surface area contributed by atoms with Crippen molar-refractivity contribution < 1.29 is 13.9 Å². The van der Waals surface area contributed by atoms with Crippen molar-refractivity contribution in [2.75, 3.05) is 0 Å². The van der Waals surface area contributed by atoms with Crippen LogP contribution < -0.4 is 5.63 Å². The first-order valence-electron chi connectivity index (χ1n) is 8.70. The van der Waals surface area contributed by atoms with Crippen molar-refractivity contribution in [3.63, 3.8) is 0 Å². The number of esters is 1. The Morgan fingerprint density at radius 2 is 1.96 bits per heavy atom. The first-order chi connectivity index (χ1) is 13.6. The minimum atomic E-state index is -0.491. The number of hydrogen-bond acceptors (Lipinski definition) is 7. The van der Waals surface area contributed by atoms with Crippen LogP contribution in [0.1, 0.15) is 28.4 Å². The van der Waals surface area contributed by atoms with E-state index in [1.807, 2.05) is 25.1 Å². The molecule has 0 atom stereocenters. The molecule has 4 aromatic rings. The number of ether oxygens (including phenoxy) is 1. The van der Waals surface area contributed by atoms with E-state index in [0.29, 0.717) is 16.7 Å². The van der Waals surface area contributed by atoms with E-state index in [-0.39, 0.29) is 6.61 Å². The second-order valence-corrected chi connectivity index (χ2v) is 6.15. The molecule has 0 unspecified atom stereocenters. The molecular formula is C20H16N4O4. The molecule has 0 amide bonds. The minimum absolute atomic E-state index is 0.0266. The number of hydrogen-bond donors (Lipinski definition) is 0. The van der Waals surface area contributed by atoms with E-state index in [9.17, 15) is 9.59 Å². The van der Waals surface area contributed by atoms with Crippen molar-refractivity contribution in [2.45, 2.75) is 20.0 Å². The zero-order chi connectivity index (χ0) is 19.5. The van der Waals surface area contributed by atoms with Gasteiger partial charge in [-0.05, 0) is 52.7 Å². The van der Waals surface area contributed by atoms with E-state index in [1.165, 1.54) is 17.1 Å². The number of tetrazole rings is 1. The van der Waals surface area contributed by atoms with E-state index in [4.69, 9.17) is 9.15 Å². The van der Waals surface area contributed by atoms with E-state index in [2.05, 4.69) is 15.5 Å². The number of fused-ring (bicyclic) bond motifs is 1. The second-order valence-electron chi connectivity index (χ2n) is 6.15. The standard InChI is InChI=1S/C20H16N4O4/c1-2-13-3-8-17-15(10-19(25)28-18(17)9-13)11-27-20(26)14-4-6-16(7-5-14)24-12-21-22-23-24/h3-10,12H,2,11H2,1H3. The van der Waals surface area contributed by atoms with Gasteiger partial charge in [0.2, 0.25) is 0 Å². The summed E-state index contributed by atoms with van der Waals surface area (Å²) in [6, 6.07) is 13.7. The largest absolute Gasteiger partial charge is 0.457 e. The molecule has 0 spiro atoms. The Morgan fingerprint density at radius 3 is 2.68 bits per heavy atom. The summed E-state index contributed by atoms with van der Waals surface area (Å²) >= 11 is 0. The Labute approximate surface area is 159 Å². The second kappa shape index (κ2) is 7.43. The predicted molar refractivity (Wildman–Crippen MR) is 100 cm³/mol. The molecule has 0 aliphatic rings. The molecule has 0 aliphatic heterocycles. The molecule has 2 aromatic heterocycles. The highest BCUT2D eigenvalue weighted by Crippen LogP contribution is 2.20. The fourth-order valence-electron chi connectivity index (χ4n) is 2.87. The van der Waals surface area contributed by atoms with Crippen molar-refractivity contribution in [1.29, 1.82) is 0 Å². The van der Waals surface area contributed by atoms with Gasteiger partial charge in [0.1, 0.15) is 18.5 Å². The smallest absolute Gasteiger partial charge is 0.338 e. The summed E-state index contributed by atoms with van der Waals surface area (Å²) in [6.45, 7) is 2.00. The molecular weight excluding hydrogens is 360 g/mol. The van der Waals surface area contributed by atoms with Gasteiger partial charge in [-0.3, -0.25) is 0 Å². The summed E-state index contributed by atoms with van der Waals surface area (Å²) in [5, 5.41) is 11.7. The van der Waals surface area contributed by atoms with Crippen molar-refractivity contribution >= 4 is 16.9 Å². The number of aromatic nitrogens is 4. The van der Waals surface area contributed by atoms with Crippen LogP contribution in [0, 0.1) is 0 Å². The van der Waals surface area contributed by atoms with Gasteiger partial charge in [0, 0.05) is 17.0 Å². The molecule has 28 heavy (non-hydrogen) atoms. The van der Waals surface area contributed by atoms with E-state index < -0.39 is 11.6 Å². The lowest BCUT2D eigenvalue weighted by Crippen LogP contribution is -2.08. The van der Waals surface area contributed by atoms with Crippen molar-refractivity contribution in [2.24, 2.45) is 0 Å². The topological polar surface area (TPSA) is 100 Å². The number of carbonyl (C=O) groups excluding carboxylic acids is 1. The predicted octanol–water partition coefficient (Wildman–Crippen LogP) is 2.69. The highest BCUT2D eigenvalue weighted by atomic mass is 16.5. The summed E-state index contributed by atoms with van der Waals surface area (Å²) in [7, 11) is 0. The first kappa shape index (κ1) is 17.6. The monoisotopic (exact) mass is 376 g/mol. The molecule has 8 nitrogen and oxygen atoms in total. The molecule has 0 saturated heterocycles. The van der Waals surface area contributed by atoms with Gasteiger partial charge >= 0.3 is 11.6 Å². The van der Waals surface area contributed by atoms with Gasteiger partial charge < -0.3 is 9.15 Å². The van der Waals surface area contributed by atoms with Gasteiger partial charge in [-0.15, -0.1) is 5.10 Å². The fraction of sp³-hybridized carbons (Fsp3) is 0.150. The number of carbonyl (C=O) groups is 1. The first-order valence-corrected chi connectivity index (χ1v) is 8.70. The lowest BCUT2D eigenvalue weighted by molar-refractivity contribution is 0.0474. The van der Waals surface area contributed by atoms with Gasteiger partial charge in [-0.1, -0.05) is 19.1 Å². The summed E-state index contributed by atoms with van der Waals surface area (Å²) in [6.07, 6.45) is 2.29. The average molecular weight is 376 g/mol. The maximum absolute atomic E-state index is 12.4. The highest BCUT2D eigenvalue weighted by Gasteiger charge is 2.11. The fourth-order valence-corrected chi connectivity index (χ4v) is 2.87. The number of benzene rings is 2. The molecule has 0 fully saturated rings. The summed E-state index contributed by atoms with van der Waals surface area (Å²) in [5.41, 5.74) is 2.79. The third-order valence-electron chi connectivity index (χ3n) is 4.38. The van der Waals surface area contributed by atoms with Crippen LogP contribution in [0.5, 0.6) is 0 Å². The highest BCUT2D eigenvalue weighted by molar-refractivity contribution is 5.90. The number of rotatable bonds is 5. The van der Waals surface area contributed by atoms with Crippen LogP contribution in [-0.2, 0) is 17.8 Å². The normalized spacial score (nSPS) is 10.9. The van der Waals surface area contributed by atoms with E-state index in [0.717, 1.165) is 23.1 Å². The lowest BCUT2D eigenvalue weighted by Gasteiger charge is -2.08. The summed E-state index contributed by atoms with van der Waals surface area (Å²) < 4.78 is 12.1. The Kier molecular flexibility index (Phi) is 4.67. The molecule has 0 saturated carbocycles. The van der Waals surface area contributed by atoms with Gasteiger partial charge in [0.05, 0.1) is 11.3 Å². The SMILES string of the molecule is CCc1ccc2c(COC(=O)c3ccc(-n4cnnn4)cc3)cc(=O)oc2c1. The lowest BCUT2D eigenvalue weighted by atomic mass is 10.1. The van der Waals surface area contributed by atoms with Gasteiger partial charge in [0.15, 0.2) is 0 Å². The molecule has 0 N–H and O–H groups in total. The molecule has 0 bridgehead atoms. The van der Waals surface area contributed by atoms with Gasteiger partial charge in [-0.2, -0.15) is 0 Å². The quantitative estimate of drug-likeness (QED) is 0.390. The number of nitrogens with zero attached hydrogens (tertiary/aromatic N) is 4. The maximum Gasteiger partial charge on any atom is 0.338 e. The molecule has 4 rings (SSSR count). The summed E-state index contributed by atoms with van der Waals surface area (Å²) in [4.78, 5) is 24.2. The van der Waals surface area contributed by atoms with E-state index >= 15 is 0 Å². The molecule has 140 valence electrons.